The Morgan fingerprint density at radius 3 is 2.33 bits per heavy atom. The molecule has 1 unspecified atom stereocenters. The van der Waals surface area contributed by atoms with Crippen molar-refractivity contribution in [1.29, 1.82) is 0 Å². The molecule has 0 spiro atoms. The minimum absolute atomic E-state index is 0.00777. The molecule has 1 aromatic carbocycles. The van der Waals surface area contributed by atoms with Gasteiger partial charge >= 0.3 is 0 Å². The van der Waals surface area contributed by atoms with Gasteiger partial charge in [-0.2, -0.15) is 5.10 Å². The third kappa shape index (κ3) is 3.55. The molecule has 0 saturated heterocycles. The lowest BCUT2D eigenvalue weighted by Crippen LogP contribution is -2.16. The number of hydrogen-bond donors (Lipinski definition) is 1. The first-order valence-corrected chi connectivity index (χ1v) is 8.33. The fourth-order valence-corrected chi connectivity index (χ4v) is 3.49. The van der Waals surface area contributed by atoms with Crippen LogP contribution in [0.2, 0.25) is 0 Å². The first-order chi connectivity index (χ1) is 9.96. The molecule has 3 nitrogen and oxygen atoms in total. The average Bonchev–Trinajstić information content (AvgIpc) is 2.74. The Bertz CT molecular complexity index is 611. The lowest BCUT2D eigenvalue weighted by Gasteiger charge is -2.15. The molecule has 1 aromatic heterocycles. The summed E-state index contributed by atoms with van der Waals surface area (Å²) in [6.07, 6.45) is 1.73. The molecule has 0 bridgehead atoms. The van der Waals surface area contributed by atoms with Gasteiger partial charge in [0.25, 0.3) is 0 Å². The van der Waals surface area contributed by atoms with Crippen LogP contribution in [0.5, 0.6) is 0 Å². The summed E-state index contributed by atoms with van der Waals surface area (Å²) in [6.45, 7) is 9.34. The zero-order valence-electron chi connectivity index (χ0n) is 13.3. The molecule has 4 heteroatoms. The average molecular weight is 350 g/mol. The van der Waals surface area contributed by atoms with E-state index in [4.69, 9.17) is 5.73 Å². The highest BCUT2D eigenvalue weighted by Gasteiger charge is 2.17. The second-order valence-electron chi connectivity index (χ2n) is 5.61. The van der Waals surface area contributed by atoms with E-state index < -0.39 is 0 Å². The summed E-state index contributed by atoms with van der Waals surface area (Å²) in [5, 5.41) is 4.64. The van der Waals surface area contributed by atoms with Crippen LogP contribution in [0.4, 0.5) is 0 Å². The summed E-state index contributed by atoms with van der Waals surface area (Å²) in [5.74, 6) is 0. The van der Waals surface area contributed by atoms with Crippen molar-refractivity contribution < 1.29 is 0 Å². The molecular weight excluding hydrogens is 326 g/mol. The minimum atomic E-state index is -0.00777. The van der Waals surface area contributed by atoms with Gasteiger partial charge in [0, 0.05) is 19.0 Å². The predicted octanol–water partition coefficient (Wildman–Crippen LogP) is 4.09. The molecule has 0 radical (unpaired) electrons. The van der Waals surface area contributed by atoms with Gasteiger partial charge in [0.05, 0.1) is 15.9 Å². The molecule has 0 aliphatic rings. The predicted molar refractivity (Wildman–Crippen MR) is 91.5 cm³/mol. The molecule has 2 N–H and O–H groups in total. The van der Waals surface area contributed by atoms with E-state index in [1.165, 1.54) is 22.4 Å². The van der Waals surface area contributed by atoms with E-state index in [0.717, 1.165) is 29.6 Å². The fourth-order valence-electron chi connectivity index (χ4n) is 2.76. The number of aryl methyl sites for hydroxylation is 4. The van der Waals surface area contributed by atoms with Gasteiger partial charge in [-0.05, 0) is 48.7 Å². The van der Waals surface area contributed by atoms with Crippen molar-refractivity contribution in [3.8, 4) is 0 Å². The van der Waals surface area contributed by atoms with E-state index in [1.54, 1.807) is 0 Å². The van der Waals surface area contributed by atoms with Gasteiger partial charge in [-0.15, -0.1) is 0 Å². The summed E-state index contributed by atoms with van der Waals surface area (Å²) in [5.41, 5.74) is 12.5. The maximum absolute atomic E-state index is 6.45. The number of nitrogens with zero attached hydrogens (tertiary/aromatic N) is 2. The third-order valence-corrected chi connectivity index (χ3v) is 4.69. The van der Waals surface area contributed by atoms with E-state index in [9.17, 15) is 0 Å². The topological polar surface area (TPSA) is 43.8 Å². The van der Waals surface area contributed by atoms with E-state index in [1.807, 2.05) is 0 Å². The summed E-state index contributed by atoms with van der Waals surface area (Å²) in [6, 6.07) is 6.53. The molecule has 0 fully saturated rings. The van der Waals surface area contributed by atoms with Crippen molar-refractivity contribution in [3.05, 3.63) is 50.8 Å². The maximum atomic E-state index is 6.45. The molecule has 0 amide bonds. The SMILES string of the molecule is CCc1nn(CC)c(CC(N)c2cc(C)cc(C)c2)c1Br. The Labute approximate surface area is 135 Å². The highest BCUT2D eigenvalue weighted by Crippen LogP contribution is 2.27. The van der Waals surface area contributed by atoms with Crippen LogP contribution in [0.1, 0.15) is 48.0 Å². The second kappa shape index (κ2) is 6.75. The molecule has 114 valence electrons. The van der Waals surface area contributed by atoms with Crippen LogP contribution in [-0.2, 0) is 19.4 Å². The molecule has 2 aromatic rings. The van der Waals surface area contributed by atoms with Gasteiger partial charge in [-0.25, -0.2) is 0 Å². The van der Waals surface area contributed by atoms with Crippen molar-refractivity contribution >= 4 is 15.9 Å². The Morgan fingerprint density at radius 2 is 1.81 bits per heavy atom. The van der Waals surface area contributed by atoms with Crippen LogP contribution in [0.25, 0.3) is 0 Å². The highest BCUT2D eigenvalue weighted by molar-refractivity contribution is 9.10. The van der Waals surface area contributed by atoms with Gasteiger partial charge < -0.3 is 5.73 Å². The van der Waals surface area contributed by atoms with Gasteiger partial charge in [-0.3, -0.25) is 4.68 Å². The smallest absolute Gasteiger partial charge is 0.0766 e. The number of aromatic nitrogens is 2. The molecule has 0 aliphatic heterocycles. The summed E-state index contributed by atoms with van der Waals surface area (Å²) in [4.78, 5) is 0. The van der Waals surface area contributed by atoms with E-state index in [0.29, 0.717) is 0 Å². The van der Waals surface area contributed by atoms with E-state index in [-0.39, 0.29) is 6.04 Å². The van der Waals surface area contributed by atoms with Gasteiger partial charge in [0.15, 0.2) is 0 Å². The van der Waals surface area contributed by atoms with Crippen molar-refractivity contribution in [2.24, 2.45) is 5.73 Å². The quantitative estimate of drug-likeness (QED) is 0.883. The summed E-state index contributed by atoms with van der Waals surface area (Å²) < 4.78 is 3.18. The van der Waals surface area contributed by atoms with Crippen molar-refractivity contribution in [3.63, 3.8) is 0 Å². The molecule has 1 atom stereocenters. The van der Waals surface area contributed by atoms with Crippen molar-refractivity contribution in [2.75, 3.05) is 0 Å². The zero-order valence-corrected chi connectivity index (χ0v) is 14.9. The van der Waals surface area contributed by atoms with Gasteiger partial charge in [0.2, 0.25) is 0 Å². The van der Waals surface area contributed by atoms with Gasteiger partial charge in [-0.1, -0.05) is 36.2 Å². The largest absolute Gasteiger partial charge is 0.324 e. The zero-order chi connectivity index (χ0) is 15.6. The summed E-state index contributed by atoms with van der Waals surface area (Å²) in [7, 11) is 0. The number of benzene rings is 1. The Kier molecular flexibility index (Phi) is 5.22. The number of rotatable bonds is 5. The van der Waals surface area contributed by atoms with Crippen LogP contribution in [-0.4, -0.2) is 9.78 Å². The first-order valence-electron chi connectivity index (χ1n) is 7.54. The Balaban J connectivity index is 2.30. The fraction of sp³-hybridized carbons (Fsp3) is 0.471. The van der Waals surface area contributed by atoms with Crippen LogP contribution in [0.15, 0.2) is 22.7 Å². The standard InChI is InChI=1S/C17H24BrN3/c1-5-15-17(18)16(21(6-2)20-15)10-14(19)13-8-11(3)7-12(4)9-13/h7-9,14H,5-6,10,19H2,1-4H3. The number of hydrogen-bond acceptors (Lipinski definition) is 2. The summed E-state index contributed by atoms with van der Waals surface area (Å²) >= 11 is 3.69. The molecule has 21 heavy (non-hydrogen) atoms. The second-order valence-corrected chi connectivity index (χ2v) is 6.40. The highest BCUT2D eigenvalue weighted by atomic mass is 79.9. The molecule has 0 aliphatic carbocycles. The van der Waals surface area contributed by atoms with Gasteiger partial charge in [0.1, 0.15) is 0 Å². The normalized spacial score (nSPS) is 12.7. The van der Waals surface area contributed by atoms with Crippen molar-refractivity contribution in [2.45, 2.75) is 53.1 Å². The van der Waals surface area contributed by atoms with E-state index in [2.05, 4.69) is 71.6 Å². The monoisotopic (exact) mass is 349 g/mol. The van der Waals surface area contributed by atoms with Crippen LogP contribution in [0, 0.1) is 13.8 Å². The third-order valence-electron chi connectivity index (χ3n) is 3.78. The number of halogens is 1. The molecular formula is C17H24BrN3. The van der Waals surface area contributed by atoms with E-state index >= 15 is 0 Å². The lowest BCUT2D eigenvalue weighted by atomic mass is 9.98. The molecule has 0 saturated carbocycles. The van der Waals surface area contributed by atoms with Crippen LogP contribution in [0.3, 0.4) is 0 Å². The Morgan fingerprint density at radius 1 is 1.19 bits per heavy atom. The van der Waals surface area contributed by atoms with Crippen LogP contribution < -0.4 is 5.73 Å². The lowest BCUT2D eigenvalue weighted by molar-refractivity contribution is 0.584. The first kappa shape index (κ1) is 16.2. The minimum Gasteiger partial charge on any atom is -0.324 e. The molecule has 1 heterocycles. The van der Waals surface area contributed by atoms with Crippen molar-refractivity contribution in [1.82, 2.24) is 9.78 Å². The van der Waals surface area contributed by atoms with Crippen LogP contribution >= 0.6 is 15.9 Å². The maximum Gasteiger partial charge on any atom is 0.0766 e. The number of nitrogens with two attached hydrogens (primary N) is 1. The Hall–Kier alpha value is -1.13. The molecule has 2 rings (SSSR count).